The molecule has 7 nitrogen and oxygen atoms in total. The molecule has 0 aliphatic carbocycles. The zero-order valence-electron chi connectivity index (χ0n) is 16.3. The van der Waals surface area contributed by atoms with E-state index in [2.05, 4.69) is 0 Å². The first-order valence-corrected chi connectivity index (χ1v) is 9.12. The molecule has 10 heteroatoms. The van der Waals surface area contributed by atoms with Gasteiger partial charge in [-0.3, -0.25) is 9.69 Å². The van der Waals surface area contributed by atoms with Crippen LogP contribution in [0.1, 0.15) is 29.5 Å². The van der Waals surface area contributed by atoms with Crippen molar-refractivity contribution in [2.75, 3.05) is 4.90 Å². The van der Waals surface area contributed by atoms with E-state index >= 15 is 0 Å². The number of hydrogen-bond donors (Lipinski definition) is 0. The number of carboxylic acids is 2. The average molecular weight is 442 g/mol. The lowest BCUT2D eigenvalue weighted by Crippen LogP contribution is -2.53. The number of allylic oxidation sites excluding steroid dienone is 1. The molecule has 32 heavy (non-hydrogen) atoms. The molecule has 0 fully saturated rings. The quantitative estimate of drug-likeness (QED) is 0.653. The smallest absolute Gasteiger partial charge is 0.416 e. The second-order valence-corrected chi connectivity index (χ2v) is 6.98. The Bertz CT molecular complexity index is 1200. The molecular weight excluding hydrogens is 429 g/mol. The summed E-state index contributed by atoms with van der Waals surface area (Å²) < 4.78 is 39.5. The SMILES string of the molecule is CC1=C(C(=O)[O-])C(c2ccccc2C#N)C(C(=O)[O-])C(=O)N1c1cccc(C(F)(F)F)c1. The molecule has 3 rings (SSSR count). The number of carbonyl (C=O) groups is 3. The first-order chi connectivity index (χ1) is 15.0. The van der Waals surface area contributed by atoms with E-state index in [0.717, 1.165) is 25.1 Å². The molecule has 1 heterocycles. The lowest BCUT2D eigenvalue weighted by Gasteiger charge is -2.41. The molecule has 0 N–H and O–H groups in total. The highest BCUT2D eigenvalue weighted by Gasteiger charge is 2.44. The van der Waals surface area contributed by atoms with Crippen molar-refractivity contribution < 1.29 is 37.8 Å². The number of hydrogen-bond acceptors (Lipinski definition) is 6. The van der Waals surface area contributed by atoms with Gasteiger partial charge in [0.1, 0.15) is 0 Å². The first kappa shape index (κ1) is 22.6. The van der Waals surface area contributed by atoms with Crippen molar-refractivity contribution in [3.8, 4) is 6.07 Å². The van der Waals surface area contributed by atoms with Gasteiger partial charge in [0.25, 0.3) is 0 Å². The highest BCUT2D eigenvalue weighted by atomic mass is 19.4. The number of aliphatic carboxylic acids is 2. The minimum atomic E-state index is -4.76. The minimum Gasteiger partial charge on any atom is -0.549 e. The van der Waals surface area contributed by atoms with Crippen LogP contribution in [0.5, 0.6) is 0 Å². The Labute approximate surface area is 179 Å². The molecule has 0 saturated carbocycles. The van der Waals surface area contributed by atoms with Crippen LogP contribution in [0.25, 0.3) is 0 Å². The number of halogens is 3. The van der Waals surface area contributed by atoms with Crippen LogP contribution < -0.4 is 15.1 Å². The Hall–Kier alpha value is -4.13. The van der Waals surface area contributed by atoms with Crippen LogP contribution in [0.2, 0.25) is 0 Å². The maximum absolute atomic E-state index is 13.2. The van der Waals surface area contributed by atoms with E-state index in [1.807, 2.05) is 6.07 Å². The summed E-state index contributed by atoms with van der Waals surface area (Å²) in [5.74, 6) is -8.76. The van der Waals surface area contributed by atoms with Crippen LogP contribution in [-0.4, -0.2) is 17.8 Å². The van der Waals surface area contributed by atoms with E-state index in [9.17, 15) is 43.0 Å². The molecular formula is C22H13F3N2O5-2. The Kier molecular flexibility index (Phi) is 5.77. The molecule has 0 aromatic heterocycles. The van der Waals surface area contributed by atoms with E-state index < -0.39 is 47.0 Å². The maximum atomic E-state index is 13.2. The van der Waals surface area contributed by atoms with Gasteiger partial charge >= 0.3 is 6.18 Å². The zero-order valence-corrected chi connectivity index (χ0v) is 16.3. The molecule has 2 atom stereocenters. The summed E-state index contributed by atoms with van der Waals surface area (Å²) >= 11 is 0. The van der Waals surface area contributed by atoms with Crippen LogP contribution in [0.4, 0.5) is 18.9 Å². The molecule has 0 bridgehead atoms. The van der Waals surface area contributed by atoms with Gasteiger partial charge in [-0.25, -0.2) is 0 Å². The number of benzene rings is 2. The summed E-state index contributed by atoms with van der Waals surface area (Å²) in [7, 11) is 0. The number of carboxylic acid groups (broad SMARTS) is 2. The van der Waals surface area contributed by atoms with Gasteiger partial charge in [0.2, 0.25) is 5.91 Å². The molecule has 2 unspecified atom stereocenters. The molecule has 1 amide bonds. The largest absolute Gasteiger partial charge is 0.549 e. The number of nitrogens with zero attached hydrogens (tertiary/aromatic N) is 2. The number of alkyl halides is 3. The van der Waals surface area contributed by atoms with E-state index in [1.54, 1.807) is 0 Å². The van der Waals surface area contributed by atoms with Crippen LogP contribution >= 0.6 is 0 Å². The van der Waals surface area contributed by atoms with Crippen molar-refractivity contribution in [2.45, 2.75) is 19.0 Å². The second kappa shape index (κ2) is 8.19. The normalized spacial score (nSPS) is 19.0. The van der Waals surface area contributed by atoms with E-state index in [0.29, 0.717) is 11.0 Å². The van der Waals surface area contributed by atoms with Gasteiger partial charge in [-0.2, -0.15) is 18.4 Å². The Morgan fingerprint density at radius 1 is 1.09 bits per heavy atom. The second-order valence-electron chi connectivity index (χ2n) is 6.98. The molecule has 2 aromatic carbocycles. The number of anilines is 1. The van der Waals surface area contributed by atoms with Crippen molar-refractivity contribution in [2.24, 2.45) is 5.92 Å². The fraction of sp³-hybridized carbons (Fsp3) is 0.182. The van der Waals surface area contributed by atoms with E-state index in [4.69, 9.17) is 0 Å². The summed E-state index contributed by atoms with van der Waals surface area (Å²) in [6.07, 6.45) is -4.76. The summed E-state index contributed by atoms with van der Waals surface area (Å²) in [4.78, 5) is 37.8. The Morgan fingerprint density at radius 3 is 2.31 bits per heavy atom. The number of carbonyl (C=O) groups excluding carboxylic acids is 3. The lowest BCUT2D eigenvalue weighted by molar-refractivity contribution is -0.310. The van der Waals surface area contributed by atoms with Gasteiger partial charge in [0.15, 0.2) is 0 Å². The van der Waals surface area contributed by atoms with E-state index in [1.165, 1.54) is 24.3 Å². The van der Waals surface area contributed by atoms with Gasteiger partial charge in [-0.05, 0) is 36.8 Å². The van der Waals surface area contributed by atoms with Crippen molar-refractivity contribution in [1.29, 1.82) is 5.26 Å². The van der Waals surface area contributed by atoms with Crippen LogP contribution in [-0.2, 0) is 20.6 Å². The minimum absolute atomic E-state index is 0.0557. The number of nitriles is 1. The number of amides is 1. The molecule has 0 spiro atoms. The highest BCUT2D eigenvalue weighted by molar-refractivity contribution is 6.12. The van der Waals surface area contributed by atoms with Gasteiger partial charge in [-0.1, -0.05) is 24.3 Å². The fourth-order valence-electron chi connectivity index (χ4n) is 3.82. The van der Waals surface area contributed by atoms with Gasteiger partial charge in [-0.15, -0.1) is 0 Å². The lowest BCUT2D eigenvalue weighted by atomic mass is 9.74. The van der Waals surface area contributed by atoms with Crippen molar-refractivity contribution in [3.05, 3.63) is 76.5 Å². The Balaban J connectivity index is 2.32. The van der Waals surface area contributed by atoms with Crippen molar-refractivity contribution >= 4 is 23.5 Å². The zero-order chi connectivity index (χ0) is 23.8. The predicted molar refractivity (Wildman–Crippen MR) is 99.0 cm³/mol. The molecule has 1 aliphatic heterocycles. The summed E-state index contributed by atoms with van der Waals surface area (Å²) in [5, 5.41) is 33.4. The maximum Gasteiger partial charge on any atom is 0.416 e. The standard InChI is InChI=1S/C22H15F3N2O5/c1-11-16(20(29)30)17(15-8-3-2-5-12(15)10-26)18(21(31)32)19(28)27(11)14-7-4-6-13(9-14)22(23,24)25/h2-9,17-18H,1H3,(H,29,30)(H,31,32)/p-2. The van der Waals surface area contributed by atoms with Crippen LogP contribution in [0.15, 0.2) is 59.8 Å². The first-order valence-electron chi connectivity index (χ1n) is 9.12. The highest BCUT2D eigenvalue weighted by Crippen LogP contribution is 2.43. The van der Waals surface area contributed by atoms with Gasteiger partial charge in [0.05, 0.1) is 35.1 Å². The monoisotopic (exact) mass is 442 g/mol. The van der Waals surface area contributed by atoms with E-state index in [-0.39, 0.29) is 22.5 Å². The Morgan fingerprint density at radius 2 is 1.75 bits per heavy atom. The summed E-state index contributed by atoms with van der Waals surface area (Å²) in [6.45, 7) is 1.15. The molecule has 1 aliphatic rings. The predicted octanol–water partition coefficient (Wildman–Crippen LogP) is 1.10. The fourth-order valence-corrected chi connectivity index (χ4v) is 3.82. The average Bonchev–Trinajstić information content (AvgIpc) is 2.72. The van der Waals surface area contributed by atoms with Crippen molar-refractivity contribution in [1.82, 2.24) is 0 Å². The molecule has 0 saturated heterocycles. The van der Waals surface area contributed by atoms with Crippen LogP contribution in [0.3, 0.4) is 0 Å². The molecule has 2 aromatic rings. The third-order valence-corrected chi connectivity index (χ3v) is 5.18. The molecule has 0 radical (unpaired) electrons. The number of rotatable bonds is 4. The van der Waals surface area contributed by atoms with Crippen LogP contribution in [0, 0.1) is 17.2 Å². The van der Waals surface area contributed by atoms with Crippen molar-refractivity contribution in [3.63, 3.8) is 0 Å². The third kappa shape index (κ3) is 3.80. The van der Waals surface area contributed by atoms with Gasteiger partial charge in [0, 0.05) is 22.9 Å². The van der Waals surface area contributed by atoms with Gasteiger partial charge < -0.3 is 19.8 Å². The third-order valence-electron chi connectivity index (χ3n) is 5.18. The topological polar surface area (TPSA) is 124 Å². The molecule has 164 valence electrons. The summed E-state index contributed by atoms with van der Waals surface area (Å²) in [5.41, 5.74) is -2.61. The summed E-state index contributed by atoms with van der Waals surface area (Å²) in [6, 6.07) is 10.8.